The first-order valence-electron chi connectivity index (χ1n) is 8.21. The molecule has 25 heavy (non-hydrogen) atoms. The Morgan fingerprint density at radius 3 is 2.56 bits per heavy atom. The number of methoxy groups -OCH3 is 2. The van der Waals surface area contributed by atoms with Gasteiger partial charge in [0.05, 0.1) is 19.9 Å². The van der Waals surface area contributed by atoms with Crippen LogP contribution in [-0.2, 0) is 11.2 Å². The molecular weight excluding hydrogens is 318 g/mol. The van der Waals surface area contributed by atoms with E-state index in [1.807, 2.05) is 19.2 Å². The summed E-state index contributed by atoms with van der Waals surface area (Å²) >= 11 is 0. The minimum atomic E-state index is -0.0534. The van der Waals surface area contributed by atoms with Gasteiger partial charge in [0.1, 0.15) is 11.5 Å². The lowest BCUT2D eigenvalue weighted by atomic mass is 10.2. The lowest BCUT2D eigenvalue weighted by Gasteiger charge is -2.17. The van der Waals surface area contributed by atoms with Gasteiger partial charge in [-0.2, -0.15) is 0 Å². The van der Waals surface area contributed by atoms with Crippen LogP contribution in [0.2, 0.25) is 0 Å². The number of pyridine rings is 1. The van der Waals surface area contributed by atoms with Gasteiger partial charge in [-0.1, -0.05) is 0 Å². The average molecular weight is 343 g/mol. The number of likely N-dealkylation sites (N-methyl/N-ethyl adjacent to an activating group) is 1. The maximum Gasteiger partial charge on any atom is 0.225 e. The summed E-state index contributed by atoms with van der Waals surface area (Å²) in [6.45, 7) is 1.57. The van der Waals surface area contributed by atoms with Crippen LogP contribution in [0, 0.1) is 0 Å². The molecule has 0 radical (unpaired) electrons. The third kappa shape index (κ3) is 6.08. The lowest BCUT2D eigenvalue weighted by Crippen LogP contribution is -2.26. The highest BCUT2D eigenvalue weighted by atomic mass is 16.5. The Labute approximate surface area is 148 Å². The summed E-state index contributed by atoms with van der Waals surface area (Å²) in [5.41, 5.74) is 1.86. The Morgan fingerprint density at radius 2 is 1.88 bits per heavy atom. The Bertz CT molecular complexity index is 677. The Kier molecular flexibility index (Phi) is 7.22. The van der Waals surface area contributed by atoms with E-state index in [0.29, 0.717) is 30.2 Å². The van der Waals surface area contributed by atoms with Crippen molar-refractivity contribution in [2.75, 3.05) is 39.7 Å². The van der Waals surface area contributed by atoms with Gasteiger partial charge < -0.3 is 19.7 Å². The number of anilines is 1. The zero-order valence-corrected chi connectivity index (χ0v) is 15.0. The van der Waals surface area contributed by atoms with Crippen LogP contribution in [0.5, 0.6) is 11.5 Å². The third-order valence-corrected chi connectivity index (χ3v) is 3.93. The van der Waals surface area contributed by atoms with Crippen molar-refractivity contribution in [2.24, 2.45) is 0 Å². The second-order valence-corrected chi connectivity index (χ2v) is 5.77. The highest BCUT2D eigenvalue weighted by Crippen LogP contribution is 2.28. The summed E-state index contributed by atoms with van der Waals surface area (Å²) in [7, 11) is 5.18. The molecule has 1 aromatic carbocycles. The van der Waals surface area contributed by atoms with E-state index in [9.17, 15) is 4.79 Å². The van der Waals surface area contributed by atoms with Crippen molar-refractivity contribution in [2.45, 2.75) is 12.8 Å². The molecule has 0 aliphatic carbocycles. The van der Waals surface area contributed by atoms with Gasteiger partial charge in [-0.05, 0) is 43.3 Å². The maximum atomic E-state index is 12.2. The smallest absolute Gasteiger partial charge is 0.225 e. The summed E-state index contributed by atoms with van der Waals surface area (Å²) < 4.78 is 10.5. The second-order valence-electron chi connectivity index (χ2n) is 5.77. The van der Waals surface area contributed by atoms with Gasteiger partial charge >= 0.3 is 0 Å². The average Bonchev–Trinajstić information content (AvgIpc) is 2.65. The molecule has 6 heteroatoms. The van der Waals surface area contributed by atoms with Gasteiger partial charge in [-0.25, -0.2) is 0 Å². The van der Waals surface area contributed by atoms with Crippen LogP contribution in [0.1, 0.15) is 12.0 Å². The SMILES string of the molecule is COc1ccc(OC)c(NC(=O)CCN(C)CCc2ccncc2)c1. The van der Waals surface area contributed by atoms with Gasteiger partial charge in [0.2, 0.25) is 5.91 Å². The normalized spacial score (nSPS) is 10.6. The number of rotatable bonds is 9. The van der Waals surface area contributed by atoms with Gasteiger partial charge in [0.15, 0.2) is 0 Å². The van der Waals surface area contributed by atoms with E-state index in [1.54, 1.807) is 44.8 Å². The molecule has 0 aliphatic heterocycles. The Morgan fingerprint density at radius 1 is 1.12 bits per heavy atom. The monoisotopic (exact) mass is 343 g/mol. The van der Waals surface area contributed by atoms with E-state index in [0.717, 1.165) is 13.0 Å². The minimum absolute atomic E-state index is 0.0534. The molecule has 0 saturated carbocycles. The minimum Gasteiger partial charge on any atom is -0.497 e. The van der Waals surface area contributed by atoms with Crippen LogP contribution in [0.15, 0.2) is 42.7 Å². The van der Waals surface area contributed by atoms with E-state index in [2.05, 4.69) is 15.2 Å². The molecule has 1 amide bonds. The summed E-state index contributed by atoms with van der Waals surface area (Å²) in [6.07, 6.45) is 4.94. The fourth-order valence-electron chi connectivity index (χ4n) is 2.40. The molecule has 2 aromatic rings. The second kappa shape index (κ2) is 9.64. The van der Waals surface area contributed by atoms with Crippen molar-refractivity contribution < 1.29 is 14.3 Å². The fourth-order valence-corrected chi connectivity index (χ4v) is 2.40. The summed E-state index contributed by atoms with van der Waals surface area (Å²) in [4.78, 5) is 18.4. The number of hydrogen-bond acceptors (Lipinski definition) is 5. The molecule has 0 fully saturated rings. The number of amides is 1. The van der Waals surface area contributed by atoms with Crippen LogP contribution in [0.3, 0.4) is 0 Å². The highest BCUT2D eigenvalue weighted by molar-refractivity contribution is 5.92. The molecule has 2 rings (SSSR count). The van der Waals surface area contributed by atoms with Crippen LogP contribution in [0.4, 0.5) is 5.69 Å². The number of ether oxygens (including phenoxy) is 2. The molecule has 1 aromatic heterocycles. The summed E-state index contributed by atoms with van der Waals surface area (Å²) in [6, 6.07) is 9.34. The van der Waals surface area contributed by atoms with Crippen molar-refractivity contribution in [3.63, 3.8) is 0 Å². The fraction of sp³-hybridized carbons (Fsp3) is 0.368. The quantitative estimate of drug-likeness (QED) is 0.758. The highest BCUT2D eigenvalue weighted by Gasteiger charge is 2.10. The van der Waals surface area contributed by atoms with Crippen molar-refractivity contribution in [1.82, 2.24) is 9.88 Å². The van der Waals surface area contributed by atoms with Gasteiger partial charge in [0.25, 0.3) is 0 Å². The molecule has 0 aliphatic rings. The van der Waals surface area contributed by atoms with Gasteiger partial charge in [-0.3, -0.25) is 9.78 Å². The number of benzene rings is 1. The standard InChI is InChI=1S/C19H25N3O3/c1-22(12-8-15-6-10-20-11-7-15)13-9-19(23)21-17-14-16(24-2)4-5-18(17)25-3/h4-7,10-11,14H,8-9,12-13H2,1-3H3,(H,21,23). The number of aromatic nitrogens is 1. The Balaban J connectivity index is 1.80. The number of carbonyl (C=O) groups is 1. The van der Waals surface area contributed by atoms with Crippen LogP contribution in [-0.4, -0.2) is 50.1 Å². The molecule has 6 nitrogen and oxygen atoms in total. The van der Waals surface area contributed by atoms with Crippen molar-refractivity contribution >= 4 is 11.6 Å². The van der Waals surface area contributed by atoms with Crippen LogP contribution < -0.4 is 14.8 Å². The van der Waals surface area contributed by atoms with Crippen molar-refractivity contribution in [3.8, 4) is 11.5 Å². The molecule has 0 saturated heterocycles. The van der Waals surface area contributed by atoms with E-state index in [4.69, 9.17) is 9.47 Å². The third-order valence-electron chi connectivity index (χ3n) is 3.93. The molecular formula is C19H25N3O3. The molecule has 1 heterocycles. The maximum absolute atomic E-state index is 12.2. The van der Waals surface area contributed by atoms with Crippen molar-refractivity contribution in [3.05, 3.63) is 48.3 Å². The first-order valence-corrected chi connectivity index (χ1v) is 8.21. The summed E-state index contributed by atoms with van der Waals surface area (Å²) in [5.74, 6) is 1.23. The van der Waals surface area contributed by atoms with Gasteiger partial charge in [0, 0.05) is 38.0 Å². The van der Waals surface area contributed by atoms with E-state index in [1.165, 1.54) is 5.56 Å². The number of nitrogens with zero attached hydrogens (tertiary/aromatic N) is 2. The molecule has 1 N–H and O–H groups in total. The first-order chi connectivity index (χ1) is 12.1. The predicted molar refractivity (Wildman–Crippen MR) is 98.2 cm³/mol. The van der Waals surface area contributed by atoms with Crippen LogP contribution >= 0.6 is 0 Å². The Hall–Kier alpha value is -2.60. The first kappa shape index (κ1) is 18.7. The predicted octanol–water partition coefficient (Wildman–Crippen LogP) is 2.60. The number of carbonyl (C=O) groups excluding carboxylic acids is 1. The largest absolute Gasteiger partial charge is 0.497 e. The molecule has 0 unspecified atom stereocenters. The number of nitrogens with one attached hydrogen (secondary N) is 1. The lowest BCUT2D eigenvalue weighted by molar-refractivity contribution is -0.116. The van der Waals surface area contributed by atoms with E-state index >= 15 is 0 Å². The zero-order valence-electron chi connectivity index (χ0n) is 15.0. The zero-order chi connectivity index (χ0) is 18.1. The summed E-state index contributed by atoms with van der Waals surface area (Å²) in [5, 5.41) is 2.89. The molecule has 134 valence electrons. The number of hydrogen-bond donors (Lipinski definition) is 1. The van der Waals surface area contributed by atoms with E-state index in [-0.39, 0.29) is 5.91 Å². The molecule has 0 spiro atoms. The van der Waals surface area contributed by atoms with Gasteiger partial charge in [-0.15, -0.1) is 0 Å². The van der Waals surface area contributed by atoms with E-state index < -0.39 is 0 Å². The molecule has 0 bridgehead atoms. The topological polar surface area (TPSA) is 63.7 Å². The molecule has 0 atom stereocenters. The van der Waals surface area contributed by atoms with Crippen molar-refractivity contribution in [1.29, 1.82) is 0 Å². The van der Waals surface area contributed by atoms with Crippen LogP contribution in [0.25, 0.3) is 0 Å².